The molecule has 2 rings (SSSR count). The Morgan fingerprint density at radius 1 is 1.29 bits per heavy atom. The van der Waals surface area contributed by atoms with Crippen molar-refractivity contribution in [2.24, 2.45) is 5.92 Å². The Hall–Kier alpha value is -1.64. The van der Waals surface area contributed by atoms with E-state index in [1.165, 1.54) is 16.4 Å². The Balaban J connectivity index is 2.31. The van der Waals surface area contributed by atoms with Gasteiger partial charge in [0.25, 0.3) is 0 Å². The van der Waals surface area contributed by atoms with Gasteiger partial charge >= 0.3 is 0 Å². The number of benzene rings is 1. The third-order valence-electron chi connectivity index (χ3n) is 4.87. The molecule has 1 N–H and O–H groups in total. The lowest BCUT2D eigenvalue weighted by Crippen LogP contribution is -2.48. The second kappa shape index (κ2) is 9.24. The van der Waals surface area contributed by atoms with Crippen LogP contribution >= 0.6 is 11.6 Å². The van der Waals surface area contributed by atoms with Gasteiger partial charge in [-0.2, -0.15) is 4.31 Å². The average molecular weight is 430 g/mol. The van der Waals surface area contributed by atoms with Crippen LogP contribution in [0.25, 0.3) is 0 Å². The fourth-order valence-electron chi connectivity index (χ4n) is 3.46. The smallest absolute Gasteiger partial charge is 0.247 e. The Kier molecular flexibility index (Phi) is 7.47. The minimum Gasteiger partial charge on any atom is -0.330 e. The molecule has 0 spiro atoms. The average Bonchev–Trinajstić information content (AvgIpc) is 3.02. The highest BCUT2D eigenvalue weighted by molar-refractivity contribution is 7.89. The van der Waals surface area contributed by atoms with Crippen LogP contribution in [0.15, 0.2) is 23.1 Å². The number of amides is 2. The molecule has 0 saturated carbocycles. The summed E-state index contributed by atoms with van der Waals surface area (Å²) < 4.78 is 27.0. The summed E-state index contributed by atoms with van der Waals surface area (Å²) in [6, 6.07) is 3.79. The molecule has 156 valence electrons. The summed E-state index contributed by atoms with van der Waals surface area (Å²) in [5.41, 5.74) is 0.331. The third-order valence-corrected chi connectivity index (χ3v) is 7.40. The van der Waals surface area contributed by atoms with E-state index in [0.717, 1.165) is 6.42 Å². The lowest BCUT2D eigenvalue weighted by atomic mass is 10.0. The molecule has 1 heterocycles. The highest BCUT2D eigenvalue weighted by Gasteiger charge is 2.35. The molecule has 1 atom stereocenters. The van der Waals surface area contributed by atoms with Crippen molar-refractivity contribution in [3.63, 3.8) is 0 Å². The topological polar surface area (TPSA) is 86.8 Å². The molecular weight excluding hydrogens is 402 g/mol. The van der Waals surface area contributed by atoms with Gasteiger partial charge in [0.2, 0.25) is 21.8 Å². The highest BCUT2D eigenvalue weighted by atomic mass is 35.5. The first-order valence-corrected chi connectivity index (χ1v) is 11.3. The van der Waals surface area contributed by atoms with Gasteiger partial charge in [-0.15, -0.1) is 0 Å². The van der Waals surface area contributed by atoms with Crippen LogP contribution in [0, 0.1) is 5.92 Å². The van der Waals surface area contributed by atoms with Crippen molar-refractivity contribution < 1.29 is 18.0 Å². The predicted molar refractivity (Wildman–Crippen MR) is 110 cm³/mol. The number of anilines is 1. The van der Waals surface area contributed by atoms with E-state index in [1.807, 2.05) is 13.8 Å². The maximum atomic E-state index is 12.9. The first-order chi connectivity index (χ1) is 13.1. The van der Waals surface area contributed by atoms with Crippen LogP contribution in [0.4, 0.5) is 5.69 Å². The number of rotatable bonds is 8. The standard InChI is InChI=1S/C19H28ClN3O4S/c1-5-22(6-2)28(26,27)16-12-14(9-10-15(16)20)21-19(25)18(13(3)4)23-11-7-8-17(23)24/h9-10,12-13,18H,5-8,11H2,1-4H3,(H,21,25). The van der Waals surface area contributed by atoms with E-state index in [-0.39, 0.29) is 27.7 Å². The van der Waals surface area contributed by atoms with Crippen LogP contribution in [-0.4, -0.2) is 55.1 Å². The molecule has 1 aromatic carbocycles. The summed E-state index contributed by atoms with van der Waals surface area (Å²) in [6.07, 6.45) is 1.19. The Labute approximate surface area is 172 Å². The number of halogens is 1. The predicted octanol–water partition coefficient (Wildman–Crippen LogP) is 2.96. The van der Waals surface area contributed by atoms with Crippen molar-refractivity contribution >= 4 is 39.1 Å². The minimum atomic E-state index is -3.77. The van der Waals surface area contributed by atoms with Gasteiger partial charge in [-0.3, -0.25) is 9.59 Å². The number of hydrogen-bond donors (Lipinski definition) is 1. The van der Waals surface area contributed by atoms with Crippen molar-refractivity contribution in [1.82, 2.24) is 9.21 Å². The van der Waals surface area contributed by atoms with Crippen molar-refractivity contribution in [1.29, 1.82) is 0 Å². The second-order valence-electron chi connectivity index (χ2n) is 7.10. The molecule has 1 unspecified atom stereocenters. The molecule has 1 aliphatic rings. The number of sulfonamides is 1. The van der Waals surface area contributed by atoms with Crippen LogP contribution < -0.4 is 5.32 Å². The van der Waals surface area contributed by atoms with Crippen LogP contribution in [-0.2, 0) is 19.6 Å². The van der Waals surface area contributed by atoms with E-state index in [1.54, 1.807) is 24.8 Å². The van der Waals surface area contributed by atoms with E-state index in [9.17, 15) is 18.0 Å². The molecule has 1 saturated heterocycles. The largest absolute Gasteiger partial charge is 0.330 e. The van der Waals surface area contributed by atoms with E-state index < -0.39 is 16.1 Å². The van der Waals surface area contributed by atoms with Crippen molar-refractivity contribution in [3.8, 4) is 0 Å². The van der Waals surface area contributed by atoms with E-state index >= 15 is 0 Å². The van der Waals surface area contributed by atoms with Gasteiger partial charge in [0.1, 0.15) is 10.9 Å². The highest BCUT2D eigenvalue weighted by Crippen LogP contribution is 2.28. The molecule has 0 radical (unpaired) electrons. The van der Waals surface area contributed by atoms with Gasteiger partial charge in [-0.25, -0.2) is 8.42 Å². The van der Waals surface area contributed by atoms with Crippen LogP contribution in [0.5, 0.6) is 0 Å². The fourth-order valence-corrected chi connectivity index (χ4v) is 5.42. The lowest BCUT2D eigenvalue weighted by Gasteiger charge is -2.30. The summed E-state index contributed by atoms with van der Waals surface area (Å²) in [6.45, 7) is 8.46. The molecule has 1 fully saturated rings. The van der Waals surface area contributed by atoms with Gasteiger partial charge in [0, 0.05) is 31.7 Å². The van der Waals surface area contributed by atoms with E-state index in [4.69, 9.17) is 11.6 Å². The molecule has 28 heavy (non-hydrogen) atoms. The summed E-state index contributed by atoms with van der Waals surface area (Å²) in [5.74, 6) is -0.443. The number of hydrogen-bond acceptors (Lipinski definition) is 4. The number of nitrogens with one attached hydrogen (secondary N) is 1. The molecule has 1 aliphatic heterocycles. The SMILES string of the molecule is CCN(CC)S(=O)(=O)c1cc(NC(=O)C(C(C)C)N2CCCC2=O)ccc1Cl. The van der Waals surface area contributed by atoms with Gasteiger partial charge in [-0.05, 0) is 30.5 Å². The zero-order chi connectivity index (χ0) is 21.1. The van der Waals surface area contributed by atoms with Crippen molar-refractivity contribution in [3.05, 3.63) is 23.2 Å². The van der Waals surface area contributed by atoms with E-state index in [0.29, 0.717) is 31.7 Å². The maximum absolute atomic E-state index is 12.9. The van der Waals surface area contributed by atoms with Crippen LogP contribution in [0.1, 0.15) is 40.5 Å². The Bertz CT molecular complexity index is 838. The van der Waals surface area contributed by atoms with Gasteiger partial charge in [0.05, 0.1) is 5.02 Å². The molecule has 9 heteroatoms. The fraction of sp³-hybridized carbons (Fsp3) is 0.579. The molecule has 0 aliphatic carbocycles. The third kappa shape index (κ3) is 4.67. The van der Waals surface area contributed by atoms with Gasteiger partial charge in [-0.1, -0.05) is 39.3 Å². The number of carbonyl (C=O) groups is 2. The van der Waals surface area contributed by atoms with E-state index in [2.05, 4.69) is 5.32 Å². The first kappa shape index (κ1) is 22.6. The Morgan fingerprint density at radius 3 is 2.43 bits per heavy atom. The quantitative estimate of drug-likeness (QED) is 0.688. The molecule has 7 nitrogen and oxygen atoms in total. The number of carbonyl (C=O) groups excluding carboxylic acids is 2. The Morgan fingerprint density at radius 2 is 1.93 bits per heavy atom. The van der Waals surface area contributed by atoms with Crippen molar-refractivity contribution in [2.75, 3.05) is 25.0 Å². The van der Waals surface area contributed by atoms with Gasteiger partial charge in [0.15, 0.2) is 0 Å². The van der Waals surface area contributed by atoms with Crippen molar-refractivity contribution in [2.45, 2.75) is 51.5 Å². The summed E-state index contributed by atoms with van der Waals surface area (Å²) in [5, 5.41) is 2.86. The maximum Gasteiger partial charge on any atom is 0.247 e. The molecule has 1 aromatic rings. The summed E-state index contributed by atoms with van der Waals surface area (Å²) in [4.78, 5) is 26.5. The first-order valence-electron chi connectivity index (χ1n) is 9.53. The summed E-state index contributed by atoms with van der Waals surface area (Å²) in [7, 11) is -3.77. The number of nitrogens with zero attached hydrogens (tertiary/aromatic N) is 2. The molecule has 0 bridgehead atoms. The lowest BCUT2D eigenvalue weighted by molar-refractivity contribution is -0.136. The number of likely N-dealkylation sites (tertiary alicyclic amines) is 1. The zero-order valence-corrected chi connectivity index (χ0v) is 18.3. The summed E-state index contributed by atoms with van der Waals surface area (Å²) >= 11 is 6.14. The molecule has 0 aromatic heterocycles. The minimum absolute atomic E-state index is 0.0326. The second-order valence-corrected chi connectivity index (χ2v) is 9.42. The zero-order valence-electron chi connectivity index (χ0n) is 16.7. The van der Waals surface area contributed by atoms with Crippen LogP contribution in [0.2, 0.25) is 5.02 Å². The van der Waals surface area contributed by atoms with Gasteiger partial charge < -0.3 is 10.2 Å². The normalized spacial score (nSPS) is 16.1. The molecule has 2 amide bonds. The van der Waals surface area contributed by atoms with Crippen LogP contribution in [0.3, 0.4) is 0 Å². The molecular formula is C19H28ClN3O4S. The monoisotopic (exact) mass is 429 g/mol.